The van der Waals surface area contributed by atoms with Crippen molar-refractivity contribution in [2.75, 3.05) is 26.9 Å². The molecule has 0 spiro atoms. The quantitative estimate of drug-likeness (QED) is 0.347. The first-order chi connectivity index (χ1) is 15.8. The highest BCUT2D eigenvalue weighted by atomic mass is 16.5. The van der Waals surface area contributed by atoms with Crippen LogP contribution in [0.5, 0.6) is 11.5 Å². The fourth-order valence-corrected chi connectivity index (χ4v) is 3.90. The molecular weight excluding hydrogens is 422 g/mol. The van der Waals surface area contributed by atoms with Crippen LogP contribution in [-0.2, 0) is 14.3 Å². The zero-order chi connectivity index (χ0) is 24.1. The van der Waals surface area contributed by atoms with E-state index in [4.69, 9.17) is 14.2 Å². The summed E-state index contributed by atoms with van der Waals surface area (Å²) in [6, 6.07) is 11.7. The summed E-state index contributed by atoms with van der Waals surface area (Å²) in [5, 5.41) is 11.2. The normalized spacial score (nSPS) is 17.6. The predicted molar refractivity (Wildman–Crippen MR) is 125 cm³/mol. The van der Waals surface area contributed by atoms with Gasteiger partial charge in [-0.05, 0) is 69.2 Å². The number of aryl methyl sites for hydroxylation is 1. The van der Waals surface area contributed by atoms with Crippen molar-refractivity contribution in [1.29, 1.82) is 0 Å². The number of hydrogen-bond donors (Lipinski definition) is 1. The van der Waals surface area contributed by atoms with Crippen LogP contribution in [0.15, 0.2) is 48.0 Å². The molecule has 0 aliphatic carbocycles. The third-order valence-electron chi connectivity index (χ3n) is 5.39. The average molecular weight is 454 g/mol. The smallest absolute Gasteiger partial charge is 0.295 e. The highest BCUT2D eigenvalue weighted by molar-refractivity contribution is 6.46. The van der Waals surface area contributed by atoms with Gasteiger partial charge in [0.1, 0.15) is 17.3 Å². The number of likely N-dealkylation sites (tertiary alicyclic amines) is 1. The second kappa shape index (κ2) is 10.5. The van der Waals surface area contributed by atoms with Crippen LogP contribution in [0.25, 0.3) is 5.76 Å². The second-order valence-corrected chi connectivity index (χ2v) is 8.13. The monoisotopic (exact) mass is 453 g/mol. The van der Waals surface area contributed by atoms with Crippen LogP contribution in [0, 0.1) is 6.92 Å². The molecule has 1 amide bonds. The lowest BCUT2D eigenvalue weighted by Crippen LogP contribution is -2.32. The molecule has 1 aliphatic rings. The van der Waals surface area contributed by atoms with Crippen LogP contribution in [-0.4, -0.2) is 54.7 Å². The SMILES string of the molecule is CCOc1ccc([C@@H]2/C(=C(\O)c3ccc(OC(C)C)c(C)c3)C(=O)C(=O)N2CCOC)cc1. The maximum absolute atomic E-state index is 13.0. The molecule has 1 saturated heterocycles. The lowest BCUT2D eigenvalue weighted by molar-refractivity contribution is -0.140. The van der Waals surface area contributed by atoms with E-state index in [2.05, 4.69) is 0 Å². The topological polar surface area (TPSA) is 85.3 Å². The molecule has 1 N–H and O–H groups in total. The molecule has 0 bridgehead atoms. The molecule has 3 rings (SSSR count). The van der Waals surface area contributed by atoms with Crippen LogP contribution < -0.4 is 9.47 Å². The number of aliphatic hydroxyl groups excluding tert-OH is 1. The second-order valence-electron chi connectivity index (χ2n) is 8.13. The molecule has 176 valence electrons. The van der Waals surface area contributed by atoms with Crippen LogP contribution >= 0.6 is 0 Å². The molecule has 0 unspecified atom stereocenters. The number of hydrogen-bond acceptors (Lipinski definition) is 6. The van der Waals surface area contributed by atoms with Gasteiger partial charge in [0, 0.05) is 19.2 Å². The highest BCUT2D eigenvalue weighted by Crippen LogP contribution is 2.40. The van der Waals surface area contributed by atoms with Crippen molar-refractivity contribution in [2.24, 2.45) is 0 Å². The van der Waals surface area contributed by atoms with Crippen LogP contribution in [0.1, 0.15) is 43.5 Å². The molecule has 1 fully saturated rings. The van der Waals surface area contributed by atoms with Gasteiger partial charge in [-0.15, -0.1) is 0 Å². The van der Waals surface area contributed by atoms with E-state index in [1.807, 2.05) is 27.7 Å². The Hall–Kier alpha value is -3.32. The Morgan fingerprint density at radius 1 is 1.12 bits per heavy atom. The van der Waals surface area contributed by atoms with Gasteiger partial charge in [0.05, 0.1) is 30.9 Å². The summed E-state index contributed by atoms with van der Waals surface area (Å²) >= 11 is 0. The van der Waals surface area contributed by atoms with Gasteiger partial charge < -0.3 is 24.2 Å². The summed E-state index contributed by atoms with van der Waals surface area (Å²) in [4.78, 5) is 27.4. The number of amides is 1. The Balaban J connectivity index is 2.09. The van der Waals surface area contributed by atoms with E-state index >= 15 is 0 Å². The van der Waals surface area contributed by atoms with Gasteiger partial charge >= 0.3 is 0 Å². The number of benzene rings is 2. The van der Waals surface area contributed by atoms with Gasteiger partial charge in [-0.1, -0.05) is 12.1 Å². The summed E-state index contributed by atoms with van der Waals surface area (Å²) in [5.74, 6) is -0.213. The zero-order valence-corrected chi connectivity index (χ0v) is 19.8. The van der Waals surface area contributed by atoms with E-state index in [0.29, 0.717) is 29.2 Å². The van der Waals surface area contributed by atoms with E-state index in [9.17, 15) is 14.7 Å². The van der Waals surface area contributed by atoms with Crippen molar-refractivity contribution in [3.05, 3.63) is 64.7 Å². The minimum Gasteiger partial charge on any atom is -0.507 e. The molecular formula is C26H31NO6. The molecule has 0 radical (unpaired) electrons. The molecule has 7 nitrogen and oxygen atoms in total. The Bertz CT molecular complexity index is 1040. The van der Waals surface area contributed by atoms with Gasteiger partial charge in [-0.2, -0.15) is 0 Å². The maximum Gasteiger partial charge on any atom is 0.295 e. The van der Waals surface area contributed by atoms with Crippen molar-refractivity contribution >= 4 is 17.4 Å². The number of ketones is 1. The summed E-state index contributed by atoms with van der Waals surface area (Å²) in [7, 11) is 1.53. The summed E-state index contributed by atoms with van der Waals surface area (Å²) in [6.45, 7) is 8.65. The molecule has 2 aromatic carbocycles. The summed E-state index contributed by atoms with van der Waals surface area (Å²) in [6.07, 6.45) is 0.00826. The third-order valence-corrected chi connectivity index (χ3v) is 5.39. The minimum atomic E-state index is -0.734. The molecule has 33 heavy (non-hydrogen) atoms. The van der Waals surface area contributed by atoms with Crippen molar-refractivity contribution in [3.63, 3.8) is 0 Å². The zero-order valence-electron chi connectivity index (χ0n) is 19.8. The van der Waals surface area contributed by atoms with Crippen LogP contribution in [0.4, 0.5) is 0 Å². The number of carbonyl (C=O) groups is 2. The van der Waals surface area contributed by atoms with Crippen LogP contribution in [0.3, 0.4) is 0 Å². The number of Topliss-reactive ketones (excluding diaryl/α,β-unsaturated/α-hetero) is 1. The van der Waals surface area contributed by atoms with Gasteiger partial charge in [-0.3, -0.25) is 9.59 Å². The first-order valence-electron chi connectivity index (χ1n) is 11.1. The fourth-order valence-electron chi connectivity index (χ4n) is 3.90. The van der Waals surface area contributed by atoms with Gasteiger partial charge in [0.25, 0.3) is 11.7 Å². The van der Waals surface area contributed by atoms with Gasteiger partial charge in [0.2, 0.25) is 0 Å². The van der Waals surface area contributed by atoms with E-state index in [-0.39, 0.29) is 30.6 Å². The minimum absolute atomic E-state index is 0.00826. The molecule has 1 aliphatic heterocycles. The van der Waals surface area contributed by atoms with Crippen molar-refractivity contribution in [3.8, 4) is 11.5 Å². The van der Waals surface area contributed by atoms with Crippen LogP contribution in [0.2, 0.25) is 0 Å². The summed E-state index contributed by atoms with van der Waals surface area (Å²) < 4.78 is 16.4. The molecule has 1 atom stereocenters. The average Bonchev–Trinajstić information content (AvgIpc) is 3.03. The van der Waals surface area contributed by atoms with E-state index in [1.54, 1.807) is 42.5 Å². The molecule has 0 aromatic heterocycles. The Morgan fingerprint density at radius 3 is 2.39 bits per heavy atom. The van der Waals surface area contributed by atoms with Crippen molar-refractivity contribution in [1.82, 2.24) is 4.90 Å². The first-order valence-corrected chi connectivity index (χ1v) is 11.1. The molecule has 2 aromatic rings. The predicted octanol–water partition coefficient (Wildman–Crippen LogP) is 4.25. The van der Waals surface area contributed by atoms with Crippen molar-refractivity contribution in [2.45, 2.75) is 39.8 Å². The highest BCUT2D eigenvalue weighted by Gasteiger charge is 2.45. The number of nitrogens with zero attached hydrogens (tertiary/aromatic N) is 1. The number of aliphatic hydroxyl groups is 1. The van der Waals surface area contributed by atoms with E-state index in [1.165, 1.54) is 12.0 Å². The maximum atomic E-state index is 13.0. The lowest BCUT2D eigenvalue weighted by Gasteiger charge is -2.25. The summed E-state index contributed by atoms with van der Waals surface area (Å²) in [5.41, 5.74) is 2.02. The largest absolute Gasteiger partial charge is 0.507 e. The van der Waals surface area contributed by atoms with E-state index < -0.39 is 17.7 Å². The fraction of sp³-hybridized carbons (Fsp3) is 0.385. The number of methoxy groups -OCH3 is 1. The Morgan fingerprint density at radius 2 is 1.82 bits per heavy atom. The third kappa shape index (κ3) is 5.20. The van der Waals surface area contributed by atoms with Gasteiger partial charge in [0.15, 0.2) is 0 Å². The molecule has 7 heteroatoms. The van der Waals surface area contributed by atoms with E-state index in [0.717, 1.165) is 5.56 Å². The molecule has 0 saturated carbocycles. The van der Waals surface area contributed by atoms with Gasteiger partial charge in [-0.25, -0.2) is 0 Å². The van der Waals surface area contributed by atoms with Crippen molar-refractivity contribution < 1.29 is 28.9 Å². The Kier molecular flexibility index (Phi) is 7.76. The molecule has 1 heterocycles. The lowest BCUT2D eigenvalue weighted by atomic mass is 9.94. The first kappa shape index (κ1) is 24.3. The number of ether oxygens (including phenoxy) is 3. The number of carbonyl (C=O) groups excluding carboxylic acids is 2. The Labute approximate surface area is 194 Å². The standard InChI is InChI=1S/C26H31NO6/c1-6-32-20-10-7-18(8-11-20)23-22(25(29)26(30)27(23)13-14-31-5)24(28)19-9-12-21(17(4)15-19)33-16(2)3/h7-12,15-16,23,28H,6,13-14H2,1-5H3/b24-22+/t23-/m1/s1. The number of rotatable bonds is 9.